The van der Waals surface area contributed by atoms with E-state index in [0.717, 1.165) is 12.8 Å². The van der Waals surface area contributed by atoms with Crippen LogP contribution in [-0.4, -0.2) is 41.6 Å². The molecule has 0 bridgehead atoms. The second kappa shape index (κ2) is 7.11. The quantitative estimate of drug-likeness (QED) is 0.872. The van der Waals surface area contributed by atoms with Crippen molar-refractivity contribution in [1.82, 2.24) is 10.2 Å². The zero-order valence-corrected chi connectivity index (χ0v) is 12.3. The summed E-state index contributed by atoms with van der Waals surface area (Å²) in [5.41, 5.74) is 2.47. The molecule has 21 heavy (non-hydrogen) atoms. The van der Waals surface area contributed by atoms with Crippen molar-refractivity contribution in [3.05, 3.63) is 35.4 Å². The van der Waals surface area contributed by atoms with Crippen molar-refractivity contribution >= 4 is 12.0 Å². The van der Waals surface area contributed by atoms with Gasteiger partial charge in [0.2, 0.25) is 0 Å². The molecule has 1 atom stereocenters. The van der Waals surface area contributed by atoms with E-state index in [2.05, 4.69) is 24.4 Å². The van der Waals surface area contributed by atoms with Gasteiger partial charge in [-0.05, 0) is 36.8 Å². The molecule has 0 spiro atoms. The number of aliphatic carboxylic acids is 1. The van der Waals surface area contributed by atoms with Crippen molar-refractivity contribution in [3.8, 4) is 0 Å². The van der Waals surface area contributed by atoms with Crippen LogP contribution in [0.5, 0.6) is 0 Å². The van der Waals surface area contributed by atoms with Gasteiger partial charge in [0.05, 0.1) is 0 Å². The van der Waals surface area contributed by atoms with Crippen LogP contribution >= 0.6 is 0 Å². The monoisotopic (exact) mass is 290 g/mol. The topological polar surface area (TPSA) is 69.6 Å². The van der Waals surface area contributed by atoms with Crippen molar-refractivity contribution in [2.75, 3.05) is 19.6 Å². The van der Waals surface area contributed by atoms with Crippen molar-refractivity contribution in [2.45, 2.75) is 26.2 Å². The molecule has 1 aromatic rings. The molecule has 5 nitrogen and oxygen atoms in total. The standard InChI is InChI=1S/C16H22N2O3/c1-12-4-2-3-5-14(12)6-8-17-16(21)18-9-7-13(11-18)10-15(19)20/h2-5,13H,6-11H2,1H3,(H,17,21)(H,19,20). The molecule has 0 aliphatic carbocycles. The van der Waals surface area contributed by atoms with Crippen molar-refractivity contribution in [2.24, 2.45) is 5.92 Å². The smallest absolute Gasteiger partial charge is 0.317 e. The molecule has 2 N–H and O–H groups in total. The van der Waals surface area contributed by atoms with Gasteiger partial charge in [0.25, 0.3) is 0 Å². The Kier molecular flexibility index (Phi) is 5.20. The average Bonchev–Trinajstić information content (AvgIpc) is 2.88. The number of carbonyl (C=O) groups is 2. The molecule has 2 rings (SSSR count). The Morgan fingerprint density at radius 1 is 1.38 bits per heavy atom. The van der Waals surface area contributed by atoms with Gasteiger partial charge in [-0.2, -0.15) is 0 Å². The van der Waals surface area contributed by atoms with Gasteiger partial charge in [0.1, 0.15) is 0 Å². The molecular formula is C16H22N2O3. The number of carbonyl (C=O) groups excluding carboxylic acids is 1. The first-order valence-corrected chi connectivity index (χ1v) is 7.35. The third kappa shape index (κ3) is 4.48. The van der Waals surface area contributed by atoms with Gasteiger partial charge in [-0.15, -0.1) is 0 Å². The summed E-state index contributed by atoms with van der Waals surface area (Å²) in [4.78, 5) is 24.4. The fourth-order valence-electron chi connectivity index (χ4n) is 2.74. The van der Waals surface area contributed by atoms with Gasteiger partial charge in [-0.3, -0.25) is 4.79 Å². The SMILES string of the molecule is Cc1ccccc1CCNC(=O)N1CCC(CC(=O)O)C1. The highest BCUT2D eigenvalue weighted by Crippen LogP contribution is 2.19. The number of benzene rings is 1. The Morgan fingerprint density at radius 3 is 2.86 bits per heavy atom. The molecule has 0 radical (unpaired) electrons. The van der Waals surface area contributed by atoms with Crippen LogP contribution in [0.4, 0.5) is 4.79 Å². The molecule has 114 valence electrons. The predicted molar refractivity (Wildman–Crippen MR) is 80.2 cm³/mol. The number of carboxylic acid groups (broad SMARTS) is 1. The van der Waals surface area contributed by atoms with Gasteiger partial charge in [-0.25, -0.2) is 4.79 Å². The van der Waals surface area contributed by atoms with E-state index in [1.165, 1.54) is 11.1 Å². The minimum Gasteiger partial charge on any atom is -0.481 e. The first-order valence-electron chi connectivity index (χ1n) is 7.35. The lowest BCUT2D eigenvalue weighted by molar-refractivity contribution is -0.138. The molecule has 0 saturated carbocycles. The van der Waals surface area contributed by atoms with Crippen LogP contribution in [0.2, 0.25) is 0 Å². The van der Waals surface area contributed by atoms with Crippen molar-refractivity contribution in [1.29, 1.82) is 0 Å². The number of nitrogens with one attached hydrogen (secondary N) is 1. The van der Waals surface area contributed by atoms with Crippen molar-refractivity contribution < 1.29 is 14.7 Å². The maximum absolute atomic E-state index is 12.0. The zero-order chi connectivity index (χ0) is 15.2. The highest BCUT2D eigenvalue weighted by atomic mass is 16.4. The number of carboxylic acids is 1. The Labute approximate surface area is 125 Å². The van der Waals surface area contributed by atoms with Crippen molar-refractivity contribution in [3.63, 3.8) is 0 Å². The Hall–Kier alpha value is -2.04. The van der Waals surface area contributed by atoms with E-state index in [-0.39, 0.29) is 18.4 Å². The number of hydrogen-bond acceptors (Lipinski definition) is 2. The number of urea groups is 1. The summed E-state index contributed by atoms with van der Waals surface area (Å²) in [6.07, 6.45) is 1.73. The highest BCUT2D eigenvalue weighted by molar-refractivity contribution is 5.74. The summed E-state index contributed by atoms with van der Waals surface area (Å²) in [5, 5.41) is 11.7. The summed E-state index contributed by atoms with van der Waals surface area (Å²) in [5.74, 6) is -0.702. The lowest BCUT2D eigenvalue weighted by Crippen LogP contribution is -2.39. The maximum Gasteiger partial charge on any atom is 0.317 e. The molecule has 0 aromatic heterocycles. The van der Waals surface area contributed by atoms with Crippen LogP contribution in [0, 0.1) is 12.8 Å². The number of likely N-dealkylation sites (tertiary alicyclic amines) is 1. The maximum atomic E-state index is 12.0. The summed E-state index contributed by atoms with van der Waals surface area (Å²) >= 11 is 0. The molecule has 1 aliphatic rings. The number of aryl methyl sites for hydroxylation is 1. The van der Waals surface area contributed by atoms with Gasteiger partial charge < -0.3 is 15.3 Å². The van der Waals surface area contributed by atoms with Crippen LogP contribution in [0.1, 0.15) is 24.0 Å². The third-order valence-corrected chi connectivity index (χ3v) is 3.97. The molecule has 1 heterocycles. The molecule has 2 amide bonds. The molecular weight excluding hydrogens is 268 g/mol. The number of amides is 2. The summed E-state index contributed by atoms with van der Waals surface area (Å²) in [7, 11) is 0. The largest absolute Gasteiger partial charge is 0.481 e. The van der Waals surface area contributed by atoms with Gasteiger partial charge >= 0.3 is 12.0 Å². The minimum absolute atomic E-state index is 0.0866. The number of rotatable bonds is 5. The fourth-order valence-corrected chi connectivity index (χ4v) is 2.74. The Bertz CT molecular complexity index is 516. The predicted octanol–water partition coefficient (Wildman–Crippen LogP) is 2.04. The highest BCUT2D eigenvalue weighted by Gasteiger charge is 2.27. The van der Waals surface area contributed by atoms with Crippen LogP contribution in [-0.2, 0) is 11.2 Å². The summed E-state index contributed by atoms with van der Waals surface area (Å²) < 4.78 is 0. The number of nitrogens with zero attached hydrogens (tertiary/aromatic N) is 1. The van der Waals surface area contributed by atoms with Crippen LogP contribution in [0.3, 0.4) is 0 Å². The molecule has 1 unspecified atom stereocenters. The van der Waals surface area contributed by atoms with Gasteiger partial charge in [0, 0.05) is 26.1 Å². The fraction of sp³-hybridized carbons (Fsp3) is 0.500. The van der Waals surface area contributed by atoms with Gasteiger partial charge in [0.15, 0.2) is 0 Å². The second-order valence-electron chi connectivity index (χ2n) is 5.61. The second-order valence-corrected chi connectivity index (χ2v) is 5.61. The Morgan fingerprint density at radius 2 is 2.14 bits per heavy atom. The summed E-state index contributed by atoms with van der Waals surface area (Å²) in [6.45, 7) is 3.86. The van der Waals surface area contributed by atoms with E-state index in [1.54, 1.807) is 4.90 Å². The first kappa shape index (κ1) is 15.4. The lowest BCUT2D eigenvalue weighted by atomic mass is 10.1. The molecule has 5 heteroatoms. The van der Waals surface area contributed by atoms with E-state index < -0.39 is 5.97 Å². The van der Waals surface area contributed by atoms with E-state index in [0.29, 0.717) is 19.6 Å². The Balaban J connectivity index is 1.73. The van der Waals surface area contributed by atoms with E-state index >= 15 is 0 Å². The van der Waals surface area contributed by atoms with E-state index in [9.17, 15) is 9.59 Å². The van der Waals surface area contributed by atoms with E-state index in [4.69, 9.17) is 5.11 Å². The molecule has 1 aliphatic heterocycles. The third-order valence-electron chi connectivity index (χ3n) is 3.97. The first-order chi connectivity index (χ1) is 10.1. The van der Waals surface area contributed by atoms with Gasteiger partial charge in [-0.1, -0.05) is 24.3 Å². The average molecular weight is 290 g/mol. The molecule has 1 fully saturated rings. The van der Waals surface area contributed by atoms with E-state index in [1.807, 2.05) is 12.1 Å². The van der Waals surface area contributed by atoms with Crippen LogP contribution < -0.4 is 5.32 Å². The minimum atomic E-state index is -0.790. The normalized spacial score (nSPS) is 17.8. The lowest BCUT2D eigenvalue weighted by Gasteiger charge is -2.17. The molecule has 1 saturated heterocycles. The molecule has 1 aromatic carbocycles. The summed E-state index contributed by atoms with van der Waals surface area (Å²) in [6, 6.07) is 8.05. The van der Waals surface area contributed by atoms with Crippen LogP contribution in [0.15, 0.2) is 24.3 Å². The van der Waals surface area contributed by atoms with Crippen LogP contribution in [0.25, 0.3) is 0 Å². The zero-order valence-electron chi connectivity index (χ0n) is 12.3. The number of hydrogen-bond donors (Lipinski definition) is 2.